The Hall–Kier alpha value is -3.24. The van der Waals surface area contributed by atoms with Crippen LogP contribution < -0.4 is 10.4 Å². The van der Waals surface area contributed by atoms with E-state index in [1.165, 1.54) is 12.4 Å². The highest BCUT2D eigenvalue weighted by Crippen LogP contribution is 2.41. The number of aromatic nitrogens is 2. The van der Waals surface area contributed by atoms with Gasteiger partial charge in [0.25, 0.3) is 5.91 Å². The summed E-state index contributed by atoms with van der Waals surface area (Å²) in [7, 11) is 0. The second kappa shape index (κ2) is 11.2. The lowest BCUT2D eigenvalue weighted by Gasteiger charge is -2.39. The Bertz CT molecular complexity index is 1020. The van der Waals surface area contributed by atoms with E-state index in [9.17, 15) is 9.59 Å². The fourth-order valence-electron chi connectivity index (χ4n) is 5.07. The van der Waals surface area contributed by atoms with Crippen LogP contribution in [0.25, 0.3) is 0 Å². The summed E-state index contributed by atoms with van der Waals surface area (Å²) in [4.78, 5) is 43.0. The first-order chi connectivity index (χ1) is 17.6. The summed E-state index contributed by atoms with van der Waals surface area (Å²) >= 11 is 0. The number of ether oxygens (including phenoxy) is 2. The molecule has 1 aromatic heterocycles. The highest BCUT2D eigenvalue weighted by molar-refractivity contribution is 5.92. The topological polar surface area (TPSA) is 106 Å². The number of amides is 2. The van der Waals surface area contributed by atoms with Gasteiger partial charge < -0.3 is 19.3 Å². The molecule has 1 aromatic carbocycles. The summed E-state index contributed by atoms with van der Waals surface area (Å²) in [6, 6.07) is 9.74. The number of hydrogen-bond acceptors (Lipinski definition) is 8. The van der Waals surface area contributed by atoms with Crippen LogP contribution in [-0.2, 0) is 20.9 Å². The first-order valence-corrected chi connectivity index (χ1v) is 12.7. The lowest BCUT2D eigenvalue weighted by Crippen LogP contribution is -2.43. The van der Waals surface area contributed by atoms with Gasteiger partial charge in [-0.2, -0.15) is 0 Å². The van der Waals surface area contributed by atoms with E-state index in [1.807, 2.05) is 35.2 Å². The zero-order chi connectivity index (χ0) is 24.8. The smallest absolute Gasteiger partial charge is 0.410 e. The van der Waals surface area contributed by atoms with Crippen molar-refractivity contribution in [2.45, 2.75) is 51.4 Å². The van der Waals surface area contributed by atoms with Gasteiger partial charge in [0.05, 0.1) is 5.56 Å². The maximum Gasteiger partial charge on any atom is 0.410 e. The maximum absolute atomic E-state index is 12.6. The zero-order valence-electron chi connectivity index (χ0n) is 20.4. The lowest BCUT2D eigenvalue weighted by atomic mass is 9.78. The van der Waals surface area contributed by atoms with Gasteiger partial charge in [0.15, 0.2) is 6.29 Å². The molecule has 3 aliphatic heterocycles. The van der Waals surface area contributed by atoms with Crippen molar-refractivity contribution in [2.24, 2.45) is 5.41 Å². The lowest BCUT2D eigenvalue weighted by molar-refractivity contribution is -0.186. The summed E-state index contributed by atoms with van der Waals surface area (Å²) in [5.74, 6) is 0.216. The Balaban J connectivity index is 1.07. The normalized spacial score (nSPS) is 21.4. The number of nitrogens with one attached hydrogen (secondary N) is 1. The molecule has 1 N–H and O–H groups in total. The predicted molar refractivity (Wildman–Crippen MR) is 131 cm³/mol. The molecule has 4 heterocycles. The molecular weight excluding hydrogens is 462 g/mol. The van der Waals surface area contributed by atoms with E-state index in [2.05, 4.69) is 20.3 Å². The number of nitrogens with zero attached hydrogens (tertiary/aromatic N) is 4. The van der Waals surface area contributed by atoms with Crippen LogP contribution in [-0.4, -0.2) is 65.9 Å². The number of carbonyl (C=O) groups is 2. The number of carbonyl (C=O) groups excluding carboxylic acids is 2. The second-order valence-corrected chi connectivity index (χ2v) is 9.82. The van der Waals surface area contributed by atoms with Gasteiger partial charge in [-0.05, 0) is 43.1 Å². The van der Waals surface area contributed by atoms with Crippen LogP contribution in [0.2, 0.25) is 0 Å². The fourth-order valence-corrected chi connectivity index (χ4v) is 5.07. The molecule has 1 atom stereocenters. The van der Waals surface area contributed by atoms with Crippen molar-refractivity contribution >= 4 is 17.9 Å². The van der Waals surface area contributed by atoms with Crippen LogP contribution in [0, 0.1) is 5.41 Å². The van der Waals surface area contributed by atoms with Gasteiger partial charge in [-0.1, -0.05) is 30.3 Å². The van der Waals surface area contributed by atoms with Gasteiger partial charge in [-0.3, -0.25) is 4.79 Å². The number of benzene rings is 1. The molecule has 5 rings (SSSR count). The largest absolute Gasteiger partial charge is 0.445 e. The molecule has 0 radical (unpaired) electrons. The molecule has 0 bridgehead atoms. The van der Waals surface area contributed by atoms with Crippen LogP contribution in [0.15, 0.2) is 42.7 Å². The third kappa shape index (κ3) is 5.93. The van der Waals surface area contributed by atoms with Gasteiger partial charge in [-0.25, -0.2) is 25.1 Å². The molecule has 3 aliphatic rings. The Kier molecular flexibility index (Phi) is 7.62. The Morgan fingerprint density at radius 2 is 1.81 bits per heavy atom. The van der Waals surface area contributed by atoms with Gasteiger partial charge in [0.2, 0.25) is 5.95 Å². The van der Waals surface area contributed by atoms with Crippen molar-refractivity contribution < 1.29 is 23.9 Å². The SMILES string of the molecule is O=C(NOC1CCCCO1)c1cnc(N2CCC3(CCN(C(=O)OCc4ccccc4)C3)CC2)nc1. The summed E-state index contributed by atoms with van der Waals surface area (Å²) in [6.07, 6.45) is 8.08. The minimum absolute atomic E-state index is 0.112. The number of anilines is 1. The van der Waals surface area contributed by atoms with Crippen molar-refractivity contribution in [1.29, 1.82) is 0 Å². The fraction of sp³-hybridized carbons (Fsp3) is 0.538. The highest BCUT2D eigenvalue weighted by Gasteiger charge is 2.43. The molecule has 10 heteroatoms. The molecule has 10 nitrogen and oxygen atoms in total. The molecule has 2 aromatic rings. The number of hydrogen-bond donors (Lipinski definition) is 1. The monoisotopic (exact) mass is 495 g/mol. The Morgan fingerprint density at radius 3 is 2.53 bits per heavy atom. The van der Waals surface area contributed by atoms with Crippen molar-refractivity contribution in [2.75, 3.05) is 37.7 Å². The standard InChI is InChI=1S/C26H33N5O5/c32-23(29-36-22-8-4-5-15-34-22)21-16-27-24(28-17-21)30-12-9-26(10-13-30)11-14-31(19-26)25(33)35-18-20-6-2-1-3-7-20/h1-3,6-7,16-17,22H,4-5,8-15,18-19H2,(H,29,32). The van der Waals surface area contributed by atoms with Gasteiger partial charge in [-0.15, -0.1) is 0 Å². The van der Waals surface area contributed by atoms with Crippen LogP contribution in [0.5, 0.6) is 0 Å². The third-order valence-electron chi connectivity index (χ3n) is 7.33. The van der Waals surface area contributed by atoms with Crippen LogP contribution in [0.3, 0.4) is 0 Å². The number of piperidine rings is 1. The van der Waals surface area contributed by atoms with E-state index in [4.69, 9.17) is 14.3 Å². The molecule has 0 aliphatic carbocycles. The van der Waals surface area contributed by atoms with E-state index in [0.717, 1.165) is 70.3 Å². The summed E-state index contributed by atoms with van der Waals surface area (Å²) in [5, 5.41) is 0. The van der Waals surface area contributed by atoms with E-state index in [0.29, 0.717) is 24.7 Å². The molecule has 36 heavy (non-hydrogen) atoms. The summed E-state index contributed by atoms with van der Waals surface area (Å²) < 4.78 is 11.0. The average molecular weight is 496 g/mol. The second-order valence-electron chi connectivity index (χ2n) is 9.82. The third-order valence-corrected chi connectivity index (χ3v) is 7.33. The minimum atomic E-state index is -0.402. The van der Waals surface area contributed by atoms with Crippen LogP contribution in [0.4, 0.5) is 10.7 Å². The number of rotatable bonds is 6. The van der Waals surface area contributed by atoms with Crippen molar-refractivity contribution in [3.8, 4) is 0 Å². The van der Waals surface area contributed by atoms with E-state index >= 15 is 0 Å². The van der Waals surface area contributed by atoms with Gasteiger partial charge >= 0.3 is 6.09 Å². The highest BCUT2D eigenvalue weighted by atomic mass is 16.8. The molecule has 3 saturated heterocycles. The van der Waals surface area contributed by atoms with Crippen LogP contribution >= 0.6 is 0 Å². The van der Waals surface area contributed by atoms with E-state index in [1.54, 1.807) is 0 Å². The molecule has 0 saturated carbocycles. The van der Waals surface area contributed by atoms with E-state index < -0.39 is 12.2 Å². The van der Waals surface area contributed by atoms with E-state index in [-0.39, 0.29) is 11.5 Å². The van der Waals surface area contributed by atoms with Crippen molar-refractivity contribution in [3.05, 3.63) is 53.9 Å². The average Bonchev–Trinajstić information content (AvgIpc) is 3.35. The summed E-state index contributed by atoms with van der Waals surface area (Å²) in [6.45, 7) is 4.00. The minimum Gasteiger partial charge on any atom is -0.445 e. The Morgan fingerprint density at radius 1 is 1.06 bits per heavy atom. The number of likely N-dealkylation sites (tertiary alicyclic amines) is 1. The van der Waals surface area contributed by atoms with Gasteiger partial charge in [0, 0.05) is 51.6 Å². The van der Waals surface area contributed by atoms with Gasteiger partial charge in [0.1, 0.15) is 6.61 Å². The van der Waals surface area contributed by atoms with Crippen molar-refractivity contribution in [1.82, 2.24) is 20.3 Å². The summed E-state index contributed by atoms with van der Waals surface area (Å²) in [5.41, 5.74) is 3.87. The molecule has 1 spiro atoms. The first kappa shape index (κ1) is 24.5. The predicted octanol–water partition coefficient (Wildman–Crippen LogP) is 3.29. The maximum atomic E-state index is 12.6. The molecule has 2 amide bonds. The Labute approximate surface area is 210 Å². The van der Waals surface area contributed by atoms with Crippen LogP contribution in [0.1, 0.15) is 54.4 Å². The quantitative estimate of drug-likeness (QED) is 0.609. The van der Waals surface area contributed by atoms with Crippen molar-refractivity contribution in [3.63, 3.8) is 0 Å². The zero-order valence-corrected chi connectivity index (χ0v) is 20.4. The molecule has 3 fully saturated rings. The molecule has 1 unspecified atom stereocenters. The molecule has 192 valence electrons. The number of hydroxylamine groups is 1. The first-order valence-electron chi connectivity index (χ1n) is 12.7. The molecular formula is C26H33N5O5.